The molecule has 3 amide bonds. The number of carbonyl (C=O) groups excluding carboxylic acids is 6. The molecule has 0 bridgehead atoms. The number of ether oxygens (including phenoxy) is 2. The molecular weight excluding hydrogens is 604 g/mol. The van der Waals surface area contributed by atoms with Crippen molar-refractivity contribution in [3.8, 4) is 0 Å². The van der Waals surface area contributed by atoms with Gasteiger partial charge in [0.15, 0.2) is 13.2 Å². The summed E-state index contributed by atoms with van der Waals surface area (Å²) in [7, 11) is 0. The summed E-state index contributed by atoms with van der Waals surface area (Å²) in [6.07, 6.45) is 2.87. The van der Waals surface area contributed by atoms with Crippen molar-refractivity contribution in [3.05, 3.63) is 22.9 Å². The fraction of sp³-hybridized carbons (Fsp3) is 0.480. The highest BCUT2D eigenvalue weighted by atomic mass is 32.2. The maximum absolute atomic E-state index is 13.3. The molecule has 16 nitrogen and oxygen atoms in total. The summed E-state index contributed by atoms with van der Waals surface area (Å²) in [5.41, 5.74) is 5.43. The van der Waals surface area contributed by atoms with Gasteiger partial charge in [-0.2, -0.15) is 4.99 Å². The zero-order valence-electron chi connectivity index (χ0n) is 23.1. The summed E-state index contributed by atoms with van der Waals surface area (Å²) < 4.78 is 9.81. The molecule has 4 aliphatic heterocycles. The predicted molar refractivity (Wildman–Crippen MR) is 157 cm³/mol. The number of thioether (sulfide) groups is 1. The third-order valence-electron chi connectivity index (χ3n) is 6.99. The van der Waals surface area contributed by atoms with Crippen LogP contribution in [0.5, 0.6) is 0 Å². The minimum absolute atomic E-state index is 0.0776. The molecule has 0 spiro atoms. The van der Waals surface area contributed by atoms with E-state index in [4.69, 9.17) is 21.3 Å². The molecule has 0 aromatic heterocycles. The van der Waals surface area contributed by atoms with E-state index in [0.29, 0.717) is 30.7 Å². The van der Waals surface area contributed by atoms with Gasteiger partial charge in [0.25, 0.3) is 5.91 Å². The fourth-order valence-corrected chi connectivity index (χ4v) is 6.34. The van der Waals surface area contributed by atoms with E-state index in [2.05, 4.69) is 33.0 Å². The summed E-state index contributed by atoms with van der Waals surface area (Å²) in [4.78, 5) is 81.9. The second-order valence-corrected chi connectivity index (χ2v) is 11.6. The van der Waals surface area contributed by atoms with Crippen LogP contribution in [0, 0.1) is 5.41 Å². The molecule has 4 heterocycles. The number of nitrogens with one attached hydrogen (secondary N) is 3. The molecule has 230 valence electrons. The Kier molecular flexibility index (Phi) is 10.0. The molecule has 18 heteroatoms. The smallest absolute Gasteiger partial charge is 0.355 e. The van der Waals surface area contributed by atoms with Crippen molar-refractivity contribution in [2.24, 2.45) is 10.7 Å². The number of aliphatic imine (C=N–C) groups is 1. The second-order valence-electron chi connectivity index (χ2n) is 9.95. The number of hydrogen-bond donors (Lipinski definition) is 5. The van der Waals surface area contributed by atoms with Gasteiger partial charge in [0.2, 0.25) is 17.5 Å². The first-order chi connectivity index (χ1) is 20.4. The molecule has 0 saturated carbocycles. The lowest BCUT2D eigenvalue weighted by atomic mass is 10.0. The standard InChI is InChI=1S/C25H30N8O8S2/c1-11(34)40-8-15(35)9-41-24(39)18-13(6-12-3-5-32(21(12)37)14-2-4-29-7-14)10-43-23-17(22(38)33(18)23)30-20(36)16(26)19(27)31-25(28)42/h6,14,17,23,26,29H,2-5,7-10H2,1H3,(H,30,36)(H4,27,28,31,42)/p+2/b12-6+,26-16?/t14?,17-,23-/m1/s1. The van der Waals surface area contributed by atoms with E-state index in [-0.39, 0.29) is 28.6 Å². The van der Waals surface area contributed by atoms with Crippen LogP contribution in [0.1, 0.15) is 19.8 Å². The van der Waals surface area contributed by atoms with Gasteiger partial charge in [-0.25, -0.2) is 10.2 Å². The molecule has 3 saturated heterocycles. The Morgan fingerprint density at radius 3 is 2.65 bits per heavy atom. The number of rotatable bonds is 10. The fourth-order valence-electron chi connectivity index (χ4n) is 4.92. The zero-order valence-corrected chi connectivity index (χ0v) is 25.0. The van der Waals surface area contributed by atoms with Gasteiger partial charge in [0, 0.05) is 50.0 Å². The Balaban J connectivity index is 1.55. The van der Waals surface area contributed by atoms with Gasteiger partial charge >= 0.3 is 28.7 Å². The van der Waals surface area contributed by atoms with Crippen molar-refractivity contribution < 1.29 is 43.7 Å². The van der Waals surface area contributed by atoms with Gasteiger partial charge < -0.3 is 30.7 Å². The zero-order chi connectivity index (χ0) is 31.4. The highest BCUT2D eigenvalue weighted by molar-refractivity contribution is 8.00. The molecule has 0 aromatic carbocycles. The molecule has 0 aromatic rings. The second kappa shape index (κ2) is 13.5. The molecular formula is C25H32N8O8S2+2. The molecule has 43 heavy (non-hydrogen) atoms. The average molecular weight is 637 g/mol. The SMILES string of the molecule is CC(=O)OCC(=O)COC(=O)C1=C(/C=C2\CCN(C3CCNC3)C2=O)CS[C@@H]2[C@H](NC(=O)C(=[NH2+])C(=N)N=C(N)[SH2+])C(=O)N12. The van der Waals surface area contributed by atoms with E-state index in [1.165, 1.54) is 11.8 Å². The van der Waals surface area contributed by atoms with E-state index >= 15 is 0 Å². The molecule has 0 aliphatic carbocycles. The van der Waals surface area contributed by atoms with Crippen LogP contribution in [0.2, 0.25) is 0 Å². The van der Waals surface area contributed by atoms with Crippen molar-refractivity contribution in [1.82, 2.24) is 20.4 Å². The first-order valence-corrected chi connectivity index (χ1v) is 14.7. The molecule has 1 unspecified atom stereocenters. The lowest BCUT2D eigenvalue weighted by Gasteiger charge is -2.49. The number of nitrogens with two attached hydrogens (primary N) is 2. The third-order valence-corrected chi connectivity index (χ3v) is 8.41. The highest BCUT2D eigenvalue weighted by Gasteiger charge is 2.55. The van der Waals surface area contributed by atoms with Gasteiger partial charge in [-0.05, 0) is 31.0 Å². The normalized spacial score (nSPS) is 24.5. The van der Waals surface area contributed by atoms with Crippen LogP contribution in [0.25, 0.3) is 0 Å². The number of fused-ring (bicyclic) bond motifs is 1. The summed E-state index contributed by atoms with van der Waals surface area (Å²) in [6.45, 7) is 1.86. The van der Waals surface area contributed by atoms with E-state index in [1.54, 1.807) is 11.0 Å². The Labute approximate surface area is 255 Å². The highest BCUT2D eigenvalue weighted by Crippen LogP contribution is 2.41. The molecule has 4 rings (SSSR count). The lowest BCUT2D eigenvalue weighted by Crippen LogP contribution is -2.72. The molecule has 4 aliphatic rings. The Morgan fingerprint density at radius 1 is 1.28 bits per heavy atom. The van der Waals surface area contributed by atoms with Crippen LogP contribution >= 0.6 is 11.8 Å². The summed E-state index contributed by atoms with van der Waals surface area (Å²) in [5, 5.41) is 18.2. The Hall–Kier alpha value is -4.03. The predicted octanol–water partition coefficient (Wildman–Crippen LogP) is -4.66. The number of carbonyl (C=O) groups is 6. The molecule has 0 radical (unpaired) electrons. The van der Waals surface area contributed by atoms with Crippen molar-refractivity contribution >= 4 is 76.5 Å². The third kappa shape index (κ3) is 7.14. The van der Waals surface area contributed by atoms with Crippen LogP contribution in [-0.2, 0) is 50.9 Å². The maximum atomic E-state index is 13.3. The van der Waals surface area contributed by atoms with E-state index < -0.39 is 65.7 Å². The van der Waals surface area contributed by atoms with Crippen LogP contribution in [0.15, 0.2) is 27.9 Å². The number of likely N-dealkylation sites (tertiary alicyclic amines) is 1. The van der Waals surface area contributed by atoms with Crippen molar-refractivity contribution in [1.29, 1.82) is 5.41 Å². The minimum Gasteiger partial charge on any atom is -0.458 e. The van der Waals surface area contributed by atoms with E-state index in [0.717, 1.165) is 24.8 Å². The summed E-state index contributed by atoms with van der Waals surface area (Å²) in [5.74, 6) is -4.56. The van der Waals surface area contributed by atoms with Crippen LogP contribution in [0.3, 0.4) is 0 Å². The maximum Gasteiger partial charge on any atom is 0.355 e. The first-order valence-electron chi connectivity index (χ1n) is 13.2. The van der Waals surface area contributed by atoms with Gasteiger partial charge in [0.1, 0.15) is 17.1 Å². The number of amides is 3. The van der Waals surface area contributed by atoms with Gasteiger partial charge in [0.05, 0.1) is 0 Å². The minimum atomic E-state index is -1.10. The number of allylic oxidation sites excluding steroid dienone is 1. The monoisotopic (exact) mass is 636 g/mol. The van der Waals surface area contributed by atoms with Crippen molar-refractivity contribution in [2.75, 3.05) is 38.6 Å². The molecule has 3 fully saturated rings. The number of hydrogen-bond acceptors (Lipinski definition) is 11. The molecule has 7 N–H and O–H groups in total. The first kappa shape index (κ1) is 31.9. The van der Waals surface area contributed by atoms with Crippen LogP contribution in [0.4, 0.5) is 0 Å². The number of β-lactam (4-membered cyclic amide) rings is 1. The number of Topliss-reactive ketones (excluding diaryl/α,β-unsaturated/α-hetero) is 1. The largest absolute Gasteiger partial charge is 0.458 e. The number of ketones is 1. The van der Waals surface area contributed by atoms with Gasteiger partial charge in [-0.1, -0.05) is 0 Å². The van der Waals surface area contributed by atoms with Gasteiger partial charge in [-0.15, -0.1) is 11.8 Å². The van der Waals surface area contributed by atoms with Crippen molar-refractivity contribution in [2.45, 2.75) is 37.2 Å². The Morgan fingerprint density at radius 2 is 2.00 bits per heavy atom. The van der Waals surface area contributed by atoms with Gasteiger partial charge in [-0.3, -0.25) is 34.3 Å². The quantitative estimate of drug-likeness (QED) is 0.0381. The number of esters is 2. The number of amidine groups is 2. The van der Waals surface area contributed by atoms with E-state index in [1.807, 2.05) is 0 Å². The average Bonchev–Trinajstić information content (AvgIpc) is 3.62. The number of nitrogens with zero attached hydrogens (tertiary/aromatic N) is 3. The van der Waals surface area contributed by atoms with Crippen molar-refractivity contribution in [3.63, 3.8) is 0 Å². The summed E-state index contributed by atoms with van der Waals surface area (Å²) >= 11 is 4.13. The lowest BCUT2D eigenvalue weighted by molar-refractivity contribution is -0.155. The Bertz CT molecular complexity index is 1380. The topological polar surface area (TPSA) is 239 Å². The molecule has 3 atom stereocenters. The van der Waals surface area contributed by atoms with E-state index in [9.17, 15) is 28.8 Å². The summed E-state index contributed by atoms with van der Waals surface area (Å²) in [6, 6.07) is -1.02. The van der Waals surface area contributed by atoms with Crippen LogP contribution in [-0.4, -0.2) is 118 Å². The van der Waals surface area contributed by atoms with Crippen LogP contribution < -0.4 is 21.8 Å².